The third-order valence-electron chi connectivity index (χ3n) is 1.16. The van der Waals surface area contributed by atoms with Gasteiger partial charge in [0.2, 0.25) is 0 Å². The van der Waals surface area contributed by atoms with Crippen LogP contribution in [0.2, 0.25) is 0 Å². The quantitative estimate of drug-likeness (QED) is 0.614. The molecule has 0 aliphatic carbocycles. The Morgan fingerprint density at radius 2 is 1.91 bits per heavy atom. The van der Waals surface area contributed by atoms with Crippen LogP contribution in [0.1, 0.15) is 10.4 Å². The first-order chi connectivity index (χ1) is 5.22. The Labute approximate surface area is 81.3 Å². The molecular formula is C7H5Br2NO. The fourth-order valence-electron chi connectivity index (χ4n) is 0.642. The van der Waals surface area contributed by atoms with Crippen molar-refractivity contribution in [3.63, 3.8) is 0 Å². The highest BCUT2D eigenvalue weighted by atomic mass is 79.9. The highest BCUT2D eigenvalue weighted by molar-refractivity contribution is 9.25. The van der Waals surface area contributed by atoms with E-state index in [1.807, 2.05) is 0 Å². The lowest BCUT2D eigenvalue weighted by Gasteiger charge is -1.98. The molecule has 58 valence electrons. The summed E-state index contributed by atoms with van der Waals surface area (Å²) in [5.74, 6) is 0.00685. The third-order valence-corrected chi connectivity index (χ3v) is 1.99. The Hall–Kier alpha value is -0.220. The molecule has 0 radical (unpaired) electrons. The van der Waals surface area contributed by atoms with Crippen molar-refractivity contribution in [3.8, 4) is 0 Å². The number of carbonyl (C=O) groups excluding carboxylic acids is 1. The van der Waals surface area contributed by atoms with E-state index in [-0.39, 0.29) is 9.52 Å². The van der Waals surface area contributed by atoms with Crippen molar-refractivity contribution < 1.29 is 4.79 Å². The lowest BCUT2D eigenvalue weighted by molar-refractivity contribution is 0.101. The van der Waals surface area contributed by atoms with Crippen LogP contribution >= 0.6 is 31.9 Å². The standard InChI is InChI=1S/C7H5Br2NO/c8-7(9)6(11)5-1-3-10-4-2-5/h1-4,7H. The first-order valence-corrected chi connectivity index (χ1v) is 4.77. The normalized spacial score (nSPS) is 10.1. The Morgan fingerprint density at radius 3 is 2.36 bits per heavy atom. The molecule has 0 aromatic carbocycles. The maximum absolute atomic E-state index is 11.2. The number of Topliss-reactive ketones (excluding diaryl/α,β-unsaturated/α-hetero) is 1. The predicted octanol–water partition coefficient (Wildman–Crippen LogP) is 2.38. The van der Waals surface area contributed by atoms with Gasteiger partial charge in [-0.05, 0) is 12.1 Å². The number of halogens is 2. The highest BCUT2D eigenvalue weighted by Gasteiger charge is 2.11. The first-order valence-electron chi connectivity index (χ1n) is 2.94. The van der Waals surface area contributed by atoms with Gasteiger partial charge in [-0.1, -0.05) is 31.9 Å². The maximum atomic E-state index is 11.2. The summed E-state index contributed by atoms with van der Waals surface area (Å²) in [5, 5.41) is 0. The number of hydrogen-bond donors (Lipinski definition) is 0. The molecule has 0 fully saturated rings. The number of alkyl halides is 2. The van der Waals surface area contributed by atoms with Crippen LogP contribution in [0.15, 0.2) is 24.5 Å². The number of carbonyl (C=O) groups is 1. The van der Waals surface area contributed by atoms with E-state index in [1.54, 1.807) is 24.5 Å². The fourth-order valence-corrected chi connectivity index (χ4v) is 1.17. The van der Waals surface area contributed by atoms with Gasteiger partial charge in [0.25, 0.3) is 0 Å². The number of ketones is 1. The van der Waals surface area contributed by atoms with E-state index in [4.69, 9.17) is 0 Å². The number of aromatic nitrogens is 1. The van der Waals surface area contributed by atoms with Crippen LogP contribution in [0.3, 0.4) is 0 Å². The van der Waals surface area contributed by atoms with E-state index in [0.717, 1.165) is 0 Å². The van der Waals surface area contributed by atoms with E-state index in [9.17, 15) is 4.79 Å². The summed E-state index contributed by atoms with van der Waals surface area (Å²) in [7, 11) is 0. The summed E-state index contributed by atoms with van der Waals surface area (Å²) < 4.78 is -0.308. The van der Waals surface area contributed by atoms with Crippen LogP contribution in [0, 0.1) is 0 Å². The SMILES string of the molecule is O=C(c1ccncc1)C(Br)Br. The fraction of sp³-hybridized carbons (Fsp3) is 0.143. The van der Waals surface area contributed by atoms with Crippen molar-refractivity contribution in [2.24, 2.45) is 0 Å². The second-order valence-corrected chi connectivity index (χ2v) is 4.96. The number of pyridine rings is 1. The molecule has 0 amide bonds. The molecule has 0 spiro atoms. The molecule has 0 bridgehead atoms. The first kappa shape index (κ1) is 8.87. The average molecular weight is 279 g/mol. The molecule has 1 aromatic heterocycles. The Kier molecular flexibility index (Phi) is 3.20. The molecule has 1 rings (SSSR count). The van der Waals surface area contributed by atoms with Gasteiger partial charge in [-0.15, -0.1) is 0 Å². The minimum Gasteiger partial charge on any atom is -0.292 e. The molecule has 4 heteroatoms. The van der Waals surface area contributed by atoms with Crippen LogP contribution < -0.4 is 0 Å². The molecule has 1 aromatic rings. The Balaban J connectivity index is 2.86. The molecule has 0 atom stereocenters. The molecule has 1 heterocycles. The van der Waals surface area contributed by atoms with E-state index in [0.29, 0.717) is 5.56 Å². The predicted molar refractivity (Wildman–Crippen MR) is 50.2 cm³/mol. The summed E-state index contributed by atoms with van der Waals surface area (Å²) in [4.78, 5) is 15.0. The molecular weight excluding hydrogens is 274 g/mol. The molecule has 11 heavy (non-hydrogen) atoms. The van der Waals surface area contributed by atoms with Crippen molar-refractivity contribution in [1.82, 2.24) is 4.98 Å². The zero-order valence-electron chi connectivity index (χ0n) is 5.50. The summed E-state index contributed by atoms with van der Waals surface area (Å²) in [5.41, 5.74) is 0.652. The van der Waals surface area contributed by atoms with Crippen LogP contribution in [-0.2, 0) is 0 Å². The second kappa shape index (κ2) is 3.97. The van der Waals surface area contributed by atoms with Crippen LogP contribution in [0.4, 0.5) is 0 Å². The molecule has 0 saturated carbocycles. The Bertz CT molecular complexity index is 248. The van der Waals surface area contributed by atoms with Crippen LogP contribution in [-0.4, -0.2) is 14.5 Å². The van der Waals surface area contributed by atoms with Crippen molar-refractivity contribution in [2.45, 2.75) is 3.74 Å². The number of hydrogen-bond acceptors (Lipinski definition) is 2. The molecule has 0 N–H and O–H groups in total. The minimum atomic E-state index is -0.308. The molecule has 0 aliphatic heterocycles. The zero-order chi connectivity index (χ0) is 8.27. The van der Waals surface area contributed by atoms with Gasteiger partial charge in [-0.3, -0.25) is 9.78 Å². The zero-order valence-corrected chi connectivity index (χ0v) is 8.67. The third kappa shape index (κ3) is 2.38. The highest BCUT2D eigenvalue weighted by Crippen LogP contribution is 2.14. The number of nitrogens with zero attached hydrogens (tertiary/aromatic N) is 1. The van der Waals surface area contributed by atoms with Gasteiger partial charge in [0.15, 0.2) is 5.78 Å². The van der Waals surface area contributed by atoms with Gasteiger partial charge in [0.05, 0.1) is 0 Å². The molecule has 0 saturated heterocycles. The lowest BCUT2D eigenvalue weighted by Crippen LogP contribution is -2.06. The van der Waals surface area contributed by atoms with Gasteiger partial charge < -0.3 is 0 Å². The van der Waals surface area contributed by atoms with Crippen LogP contribution in [0.5, 0.6) is 0 Å². The van der Waals surface area contributed by atoms with E-state index in [2.05, 4.69) is 36.8 Å². The molecule has 0 aliphatic rings. The molecule has 2 nitrogen and oxygen atoms in total. The van der Waals surface area contributed by atoms with E-state index >= 15 is 0 Å². The minimum absolute atomic E-state index is 0.00685. The van der Waals surface area contributed by atoms with Gasteiger partial charge in [0.1, 0.15) is 3.74 Å². The summed E-state index contributed by atoms with van der Waals surface area (Å²) in [6, 6.07) is 3.36. The van der Waals surface area contributed by atoms with Crippen molar-refractivity contribution in [3.05, 3.63) is 30.1 Å². The summed E-state index contributed by atoms with van der Waals surface area (Å²) in [6.45, 7) is 0. The van der Waals surface area contributed by atoms with Crippen molar-refractivity contribution >= 4 is 37.6 Å². The van der Waals surface area contributed by atoms with Gasteiger partial charge in [-0.25, -0.2) is 0 Å². The van der Waals surface area contributed by atoms with Gasteiger partial charge >= 0.3 is 0 Å². The molecule has 0 unspecified atom stereocenters. The summed E-state index contributed by atoms with van der Waals surface area (Å²) in [6.07, 6.45) is 3.19. The topological polar surface area (TPSA) is 30.0 Å². The van der Waals surface area contributed by atoms with E-state index < -0.39 is 0 Å². The Morgan fingerprint density at radius 1 is 1.36 bits per heavy atom. The lowest BCUT2D eigenvalue weighted by atomic mass is 10.2. The van der Waals surface area contributed by atoms with Crippen molar-refractivity contribution in [1.29, 1.82) is 0 Å². The number of rotatable bonds is 2. The maximum Gasteiger partial charge on any atom is 0.187 e. The van der Waals surface area contributed by atoms with E-state index in [1.165, 1.54) is 0 Å². The summed E-state index contributed by atoms with van der Waals surface area (Å²) >= 11 is 6.25. The largest absolute Gasteiger partial charge is 0.292 e. The van der Waals surface area contributed by atoms with Crippen molar-refractivity contribution in [2.75, 3.05) is 0 Å². The smallest absolute Gasteiger partial charge is 0.187 e. The average Bonchev–Trinajstić information content (AvgIpc) is 2.05. The van der Waals surface area contributed by atoms with Gasteiger partial charge in [0, 0.05) is 18.0 Å². The monoisotopic (exact) mass is 277 g/mol. The second-order valence-electron chi connectivity index (χ2n) is 1.90. The van der Waals surface area contributed by atoms with Crippen LogP contribution in [0.25, 0.3) is 0 Å². The van der Waals surface area contributed by atoms with Gasteiger partial charge in [-0.2, -0.15) is 0 Å².